The summed E-state index contributed by atoms with van der Waals surface area (Å²) in [5.74, 6) is -0.215. The molecular formula is C18H17FN2. The molecule has 3 heteroatoms. The average molecular weight is 280 g/mol. The Morgan fingerprint density at radius 2 is 1.90 bits per heavy atom. The lowest BCUT2D eigenvalue weighted by Gasteiger charge is -2.26. The van der Waals surface area contributed by atoms with Crippen molar-refractivity contribution in [2.75, 3.05) is 0 Å². The first-order chi connectivity index (χ1) is 10.1. The minimum absolute atomic E-state index is 0.215. The van der Waals surface area contributed by atoms with Crippen LogP contribution in [-0.2, 0) is 12.0 Å². The summed E-state index contributed by atoms with van der Waals surface area (Å²) in [7, 11) is 0. The third kappa shape index (κ3) is 2.78. The molecule has 1 aromatic heterocycles. The van der Waals surface area contributed by atoms with Crippen molar-refractivity contribution in [3.05, 3.63) is 77.7 Å². The first kappa shape index (κ1) is 13.7. The van der Waals surface area contributed by atoms with Gasteiger partial charge < -0.3 is 5.73 Å². The van der Waals surface area contributed by atoms with Crippen LogP contribution in [-0.4, -0.2) is 4.98 Å². The molecular weight excluding hydrogens is 263 g/mol. The van der Waals surface area contributed by atoms with E-state index in [9.17, 15) is 4.39 Å². The number of halogens is 1. The smallest absolute Gasteiger partial charge is 0.126 e. The molecule has 0 aliphatic rings. The largest absolute Gasteiger partial charge is 0.321 e. The van der Waals surface area contributed by atoms with Gasteiger partial charge in [0, 0.05) is 17.1 Å². The fourth-order valence-electron chi connectivity index (χ4n) is 2.56. The van der Waals surface area contributed by atoms with Crippen LogP contribution in [0.2, 0.25) is 0 Å². The van der Waals surface area contributed by atoms with Gasteiger partial charge in [0.25, 0.3) is 0 Å². The van der Waals surface area contributed by atoms with E-state index in [-0.39, 0.29) is 5.82 Å². The molecule has 3 aromatic rings. The number of hydrogen-bond donors (Lipinski definition) is 1. The van der Waals surface area contributed by atoms with Crippen molar-refractivity contribution >= 4 is 10.9 Å². The van der Waals surface area contributed by atoms with Gasteiger partial charge in [-0.3, -0.25) is 4.98 Å². The highest BCUT2D eigenvalue weighted by Gasteiger charge is 2.23. The minimum Gasteiger partial charge on any atom is -0.321 e. The Hall–Kier alpha value is -2.26. The van der Waals surface area contributed by atoms with Gasteiger partial charge in [-0.05, 0) is 42.7 Å². The number of nitrogens with two attached hydrogens (primary N) is 1. The van der Waals surface area contributed by atoms with E-state index in [0.717, 1.165) is 16.5 Å². The molecule has 106 valence electrons. The number of hydrogen-bond acceptors (Lipinski definition) is 2. The highest BCUT2D eigenvalue weighted by Crippen LogP contribution is 2.26. The first-order valence-electron chi connectivity index (χ1n) is 6.94. The summed E-state index contributed by atoms with van der Waals surface area (Å²) in [6.07, 6.45) is 2.20. The number of benzene rings is 2. The Bertz CT molecular complexity index is 781. The Morgan fingerprint density at radius 1 is 1.10 bits per heavy atom. The summed E-state index contributed by atoms with van der Waals surface area (Å²) in [4.78, 5) is 4.35. The van der Waals surface area contributed by atoms with E-state index in [1.165, 1.54) is 6.07 Å². The first-order valence-corrected chi connectivity index (χ1v) is 6.94. The van der Waals surface area contributed by atoms with Crippen molar-refractivity contribution in [2.45, 2.75) is 18.9 Å². The van der Waals surface area contributed by atoms with Gasteiger partial charge in [0.1, 0.15) is 5.82 Å². The normalized spacial score (nSPS) is 14.0. The third-order valence-corrected chi connectivity index (χ3v) is 3.78. The van der Waals surface area contributed by atoms with Crippen molar-refractivity contribution in [1.29, 1.82) is 0 Å². The molecule has 0 saturated heterocycles. The third-order valence-electron chi connectivity index (χ3n) is 3.78. The maximum atomic E-state index is 13.8. The molecule has 0 aliphatic heterocycles. The molecule has 1 unspecified atom stereocenters. The van der Waals surface area contributed by atoms with E-state index in [2.05, 4.69) is 4.98 Å². The summed E-state index contributed by atoms with van der Waals surface area (Å²) < 4.78 is 13.8. The predicted molar refractivity (Wildman–Crippen MR) is 83.4 cm³/mol. The van der Waals surface area contributed by atoms with E-state index >= 15 is 0 Å². The molecule has 0 radical (unpaired) electrons. The van der Waals surface area contributed by atoms with Gasteiger partial charge in [0.05, 0.1) is 5.52 Å². The Morgan fingerprint density at radius 3 is 2.71 bits per heavy atom. The van der Waals surface area contributed by atoms with Gasteiger partial charge >= 0.3 is 0 Å². The van der Waals surface area contributed by atoms with E-state index in [1.807, 2.05) is 43.3 Å². The van der Waals surface area contributed by atoms with E-state index in [4.69, 9.17) is 5.73 Å². The summed E-state index contributed by atoms with van der Waals surface area (Å²) in [6, 6.07) is 16.7. The van der Waals surface area contributed by atoms with E-state index < -0.39 is 5.54 Å². The van der Waals surface area contributed by atoms with Crippen molar-refractivity contribution in [3.63, 3.8) is 0 Å². The second-order valence-electron chi connectivity index (χ2n) is 5.60. The van der Waals surface area contributed by atoms with Crippen LogP contribution in [0.1, 0.15) is 18.1 Å². The maximum absolute atomic E-state index is 13.8. The second-order valence-corrected chi connectivity index (χ2v) is 5.60. The minimum atomic E-state index is -0.645. The van der Waals surface area contributed by atoms with Crippen LogP contribution in [0.3, 0.4) is 0 Å². The molecule has 3 rings (SSSR count). The molecule has 0 spiro atoms. The van der Waals surface area contributed by atoms with Gasteiger partial charge in [-0.15, -0.1) is 0 Å². The van der Waals surface area contributed by atoms with Crippen LogP contribution in [0.4, 0.5) is 4.39 Å². The van der Waals surface area contributed by atoms with Crippen molar-refractivity contribution in [3.8, 4) is 0 Å². The summed E-state index contributed by atoms with van der Waals surface area (Å²) in [5.41, 5.74) is 8.28. The van der Waals surface area contributed by atoms with Crippen LogP contribution in [0, 0.1) is 5.82 Å². The molecule has 0 saturated carbocycles. The van der Waals surface area contributed by atoms with Gasteiger partial charge in [-0.2, -0.15) is 0 Å². The molecule has 1 heterocycles. The van der Waals surface area contributed by atoms with Gasteiger partial charge in [-0.1, -0.05) is 36.4 Å². The van der Waals surface area contributed by atoms with Crippen molar-refractivity contribution in [2.24, 2.45) is 5.73 Å². The van der Waals surface area contributed by atoms with E-state index in [0.29, 0.717) is 12.0 Å². The van der Waals surface area contributed by atoms with Gasteiger partial charge in [-0.25, -0.2) is 4.39 Å². The van der Waals surface area contributed by atoms with Crippen molar-refractivity contribution < 1.29 is 4.39 Å². The topological polar surface area (TPSA) is 38.9 Å². The summed E-state index contributed by atoms with van der Waals surface area (Å²) >= 11 is 0. The Labute approximate surface area is 123 Å². The molecule has 21 heavy (non-hydrogen) atoms. The quantitative estimate of drug-likeness (QED) is 0.792. The standard InChI is InChI=1S/C18H17FN2/c1-18(20,12-14-5-2-3-7-16(14)19)15-9-8-13-6-4-10-21-17(13)11-15/h2-11H,12,20H2,1H3. The predicted octanol–water partition coefficient (Wildman–Crippen LogP) is 3.79. The Kier molecular flexibility index (Phi) is 3.43. The zero-order chi connectivity index (χ0) is 14.9. The second kappa shape index (κ2) is 5.26. The van der Waals surface area contributed by atoms with Gasteiger partial charge in [0.2, 0.25) is 0 Å². The number of nitrogens with zero attached hydrogens (tertiary/aromatic N) is 1. The summed E-state index contributed by atoms with van der Waals surface area (Å²) in [5, 5.41) is 1.07. The van der Waals surface area contributed by atoms with Crippen LogP contribution in [0.5, 0.6) is 0 Å². The molecule has 1 atom stereocenters. The number of pyridine rings is 1. The monoisotopic (exact) mass is 280 g/mol. The molecule has 2 aromatic carbocycles. The molecule has 0 aliphatic carbocycles. The molecule has 2 nitrogen and oxygen atoms in total. The molecule has 2 N–H and O–H groups in total. The maximum Gasteiger partial charge on any atom is 0.126 e. The summed E-state index contributed by atoms with van der Waals surface area (Å²) in [6.45, 7) is 1.92. The average Bonchev–Trinajstić information content (AvgIpc) is 2.49. The van der Waals surface area contributed by atoms with Crippen LogP contribution in [0.15, 0.2) is 60.8 Å². The molecule has 0 fully saturated rings. The lowest BCUT2D eigenvalue weighted by Crippen LogP contribution is -2.35. The number of rotatable bonds is 3. The number of aromatic nitrogens is 1. The SMILES string of the molecule is CC(N)(Cc1ccccc1F)c1ccc2cccnc2c1. The fourth-order valence-corrected chi connectivity index (χ4v) is 2.56. The lowest BCUT2D eigenvalue weighted by molar-refractivity contribution is 0.476. The molecule has 0 amide bonds. The van der Waals surface area contributed by atoms with Gasteiger partial charge in [0.15, 0.2) is 0 Å². The highest BCUT2D eigenvalue weighted by atomic mass is 19.1. The van der Waals surface area contributed by atoms with Crippen LogP contribution < -0.4 is 5.73 Å². The zero-order valence-corrected chi connectivity index (χ0v) is 11.9. The zero-order valence-electron chi connectivity index (χ0n) is 11.9. The number of fused-ring (bicyclic) bond motifs is 1. The lowest BCUT2D eigenvalue weighted by atomic mass is 9.86. The fraction of sp³-hybridized carbons (Fsp3) is 0.167. The molecule has 0 bridgehead atoms. The van der Waals surface area contributed by atoms with Crippen LogP contribution >= 0.6 is 0 Å². The van der Waals surface area contributed by atoms with Crippen molar-refractivity contribution in [1.82, 2.24) is 4.98 Å². The van der Waals surface area contributed by atoms with E-state index in [1.54, 1.807) is 18.3 Å². The highest BCUT2D eigenvalue weighted by molar-refractivity contribution is 5.79. The van der Waals surface area contributed by atoms with Crippen LogP contribution in [0.25, 0.3) is 10.9 Å². The Balaban J connectivity index is 1.97.